The van der Waals surface area contributed by atoms with Crippen LogP contribution in [0.1, 0.15) is 25.7 Å². The summed E-state index contributed by atoms with van der Waals surface area (Å²) < 4.78 is 0. The summed E-state index contributed by atoms with van der Waals surface area (Å²) in [5.41, 5.74) is 1.57. The number of carbonyl (C=O) groups excluding carboxylic acids is 2. The van der Waals surface area contributed by atoms with Gasteiger partial charge in [0.2, 0.25) is 5.91 Å². The highest BCUT2D eigenvalue weighted by Gasteiger charge is 2.19. The number of urea groups is 1. The van der Waals surface area contributed by atoms with Crippen LogP contribution >= 0.6 is 12.4 Å². The molecule has 1 aromatic carbocycles. The Kier molecular flexibility index (Phi) is 6.87. The second kappa shape index (κ2) is 8.89. The van der Waals surface area contributed by atoms with E-state index in [2.05, 4.69) is 16.0 Å². The molecule has 1 aromatic rings. The average molecular weight is 353 g/mol. The van der Waals surface area contributed by atoms with E-state index in [0.717, 1.165) is 50.3 Å². The second-order valence-corrected chi connectivity index (χ2v) is 6.23. The molecule has 0 bridgehead atoms. The minimum atomic E-state index is -0.0755. The molecule has 0 aromatic heterocycles. The summed E-state index contributed by atoms with van der Waals surface area (Å²) in [6.07, 6.45) is 3.55. The molecule has 7 heteroatoms. The molecule has 1 atom stereocenters. The first-order chi connectivity index (χ1) is 11.2. The number of hydrogen-bond donors (Lipinski definition) is 3. The highest BCUT2D eigenvalue weighted by atomic mass is 35.5. The van der Waals surface area contributed by atoms with Crippen molar-refractivity contribution in [3.8, 4) is 0 Å². The van der Waals surface area contributed by atoms with Crippen LogP contribution in [0.25, 0.3) is 0 Å². The van der Waals surface area contributed by atoms with Gasteiger partial charge in [0, 0.05) is 30.9 Å². The van der Waals surface area contributed by atoms with Gasteiger partial charge < -0.3 is 16.0 Å². The number of halogens is 1. The summed E-state index contributed by atoms with van der Waals surface area (Å²) in [4.78, 5) is 25.7. The van der Waals surface area contributed by atoms with Gasteiger partial charge in [0.05, 0.1) is 0 Å². The Balaban J connectivity index is 0.00000208. The molecule has 1 unspecified atom stereocenters. The maximum Gasteiger partial charge on any atom is 0.321 e. The van der Waals surface area contributed by atoms with Crippen molar-refractivity contribution in [3.05, 3.63) is 24.3 Å². The van der Waals surface area contributed by atoms with Crippen molar-refractivity contribution in [2.24, 2.45) is 5.92 Å². The standard InChI is InChI=1S/C17H24N4O2.ClH/c22-16(6-5-13-7-9-18-12-13)20-14-3-1-4-15(11-14)21-10-2-8-19-17(21)23;/h1,3-4,11,13,18H,2,5-10,12H2,(H,19,23)(H,20,22);1H. The summed E-state index contributed by atoms with van der Waals surface area (Å²) in [5.74, 6) is 0.654. The van der Waals surface area contributed by atoms with Crippen molar-refractivity contribution in [2.75, 3.05) is 36.4 Å². The Hall–Kier alpha value is -1.79. The molecule has 132 valence electrons. The van der Waals surface area contributed by atoms with Crippen LogP contribution in [0.3, 0.4) is 0 Å². The predicted octanol–water partition coefficient (Wildman–Crippen LogP) is 2.36. The number of hydrogen-bond acceptors (Lipinski definition) is 3. The van der Waals surface area contributed by atoms with Gasteiger partial charge >= 0.3 is 6.03 Å². The molecule has 2 aliphatic rings. The lowest BCUT2D eigenvalue weighted by molar-refractivity contribution is -0.116. The van der Waals surface area contributed by atoms with Gasteiger partial charge in [-0.15, -0.1) is 12.4 Å². The van der Waals surface area contributed by atoms with Crippen LogP contribution in [0.15, 0.2) is 24.3 Å². The van der Waals surface area contributed by atoms with Crippen molar-refractivity contribution in [1.29, 1.82) is 0 Å². The van der Waals surface area contributed by atoms with Crippen LogP contribution in [-0.2, 0) is 4.79 Å². The molecule has 3 amide bonds. The average Bonchev–Trinajstić information content (AvgIpc) is 3.07. The smallest absolute Gasteiger partial charge is 0.321 e. The molecule has 6 nitrogen and oxygen atoms in total. The molecule has 0 radical (unpaired) electrons. The van der Waals surface area contributed by atoms with Crippen LogP contribution in [0.4, 0.5) is 16.2 Å². The summed E-state index contributed by atoms with van der Waals surface area (Å²) >= 11 is 0. The molecule has 2 heterocycles. The molecule has 2 aliphatic heterocycles. The summed E-state index contributed by atoms with van der Waals surface area (Å²) in [6.45, 7) is 3.51. The first-order valence-corrected chi connectivity index (χ1v) is 8.38. The van der Waals surface area contributed by atoms with Crippen LogP contribution in [0.5, 0.6) is 0 Å². The maximum atomic E-state index is 12.1. The van der Waals surface area contributed by atoms with Crippen molar-refractivity contribution >= 4 is 35.7 Å². The van der Waals surface area contributed by atoms with E-state index in [-0.39, 0.29) is 24.3 Å². The number of benzene rings is 1. The quantitative estimate of drug-likeness (QED) is 0.761. The Bertz CT molecular complexity index is 575. The fourth-order valence-corrected chi connectivity index (χ4v) is 3.15. The van der Waals surface area contributed by atoms with E-state index in [1.807, 2.05) is 24.3 Å². The molecule has 2 saturated heterocycles. The molecule has 0 saturated carbocycles. The first kappa shape index (κ1) is 18.5. The van der Waals surface area contributed by atoms with E-state index in [9.17, 15) is 9.59 Å². The lowest BCUT2D eigenvalue weighted by Gasteiger charge is -2.27. The second-order valence-electron chi connectivity index (χ2n) is 6.23. The Morgan fingerprint density at radius 1 is 1.33 bits per heavy atom. The predicted molar refractivity (Wildman–Crippen MR) is 97.9 cm³/mol. The number of nitrogens with zero attached hydrogens (tertiary/aromatic N) is 1. The Labute approximate surface area is 148 Å². The van der Waals surface area contributed by atoms with E-state index < -0.39 is 0 Å². The largest absolute Gasteiger partial charge is 0.338 e. The van der Waals surface area contributed by atoms with Gasteiger partial charge in [-0.1, -0.05) is 6.07 Å². The van der Waals surface area contributed by atoms with Gasteiger partial charge in [0.15, 0.2) is 0 Å². The van der Waals surface area contributed by atoms with Gasteiger partial charge in [-0.25, -0.2) is 4.79 Å². The molecular formula is C17H25ClN4O2. The highest BCUT2D eigenvalue weighted by molar-refractivity contribution is 5.95. The van der Waals surface area contributed by atoms with Crippen molar-refractivity contribution in [3.63, 3.8) is 0 Å². The first-order valence-electron chi connectivity index (χ1n) is 8.38. The minimum absolute atomic E-state index is 0. The molecule has 24 heavy (non-hydrogen) atoms. The zero-order valence-corrected chi connectivity index (χ0v) is 14.5. The van der Waals surface area contributed by atoms with Gasteiger partial charge in [-0.3, -0.25) is 9.69 Å². The molecule has 3 N–H and O–H groups in total. The zero-order chi connectivity index (χ0) is 16.1. The van der Waals surface area contributed by atoms with E-state index in [4.69, 9.17) is 0 Å². The molecule has 3 rings (SSSR count). The monoisotopic (exact) mass is 352 g/mol. The van der Waals surface area contributed by atoms with Crippen molar-refractivity contribution in [1.82, 2.24) is 10.6 Å². The normalized spacial score (nSPS) is 20.2. The topological polar surface area (TPSA) is 73.5 Å². The summed E-state index contributed by atoms with van der Waals surface area (Å²) in [5, 5.41) is 9.10. The van der Waals surface area contributed by atoms with E-state index in [0.29, 0.717) is 18.9 Å². The van der Waals surface area contributed by atoms with Gasteiger partial charge in [0.25, 0.3) is 0 Å². The summed E-state index contributed by atoms with van der Waals surface area (Å²) in [6, 6.07) is 7.41. The van der Waals surface area contributed by atoms with Crippen LogP contribution in [-0.4, -0.2) is 38.1 Å². The maximum absolute atomic E-state index is 12.1. The van der Waals surface area contributed by atoms with Gasteiger partial charge in [-0.2, -0.15) is 0 Å². The molecule has 2 fully saturated rings. The lowest BCUT2D eigenvalue weighted by atomic mass is 10.0. The lowest BCUT2D eigenvalue weighted by Crippen LogP contribution is -2.46. The van der Waals surface area contributed by atoms with E-state index in [1.165, 1.54) is 0 Å². The Morgan fingerprint density at radius 2 is 2.21 bits per heavy atom. The SMILES string of the molecule is Cl.O=C(CCC1CCNC1)Nc1cccc(N2CCCNC2=O)c1. The molecule has 0 aliphatic carbocycles. The van der Waals surface area contributed by atoms with Crippen LogP contribution in [0, 0.1) is 5.92 Å². The van der Waals surface area contributed by atoms with E-state index in [1.54, 1.807) is 4.90 Å². The zero-order valence-electron chi connectivity index (χ0n) is 13.7. The van der Waals surface area contributed by atoms with Crippen LogP contribution in [0.2, 0.25) is 0 Å². The van der Waals surface area contributed by atoms with Gasteiger partial charge in [-0.05, 0) is 56.5 Å². The Morgan fingerprint density at radius 3 is 2.96 bits per heavy atom. The number of nitrogens with one attached hydrogen (secondary N) is 3. The number of amides is 3. The van der Waals surface area contributed by atoms with Gasteiger partial charge in [0.1, 0.15) is 0 Å². The molecular weight excluding hydrogens is 328 g/mol. The van der Waals surface area contributed by atoms with Crippen molar-refractivity contribution < 1.29 is 9.59 Å². The third-order valence-electron chi connectivity index (χ3n) is 4.46. The van der Waals surface area contributed by atoms with Crippen molar-refractivity contribution in [2.45, 2.75) is 25.7 Å². The van der Waals surface area contributed by atoms with E-state index >= 15 is 0 Å². The minimum Gasteiger partial charge on any atom is -0.338 e. The molecule has 0 spiro atoms. The third-order valence-corrected chi connectivity index (χ3v) is 4.46. The number of rotatable bonds is 5. The number of carbonyl (C=O) groups is 2. The number of anilines is 2. The van der Waals surface area contributed by atoms with Crippen LogP contribution < -0.4 is 20.9 Å². The summed E-state index contributed by atoms with van der Waals surface area (Å²) in [7, 11) is 0. The third kappa shape index (κ3) is 4.85. The highest BCUT2D eigenvalue weighted by Crippen LogP contribution is 2.22. The fourth-order valence-electron chi connectivity index (χ4n) is 3.15. The fraction of sp³-hybridized carbons (Fsp3) is 0.529.